The van der Waals surface area contributed by atoms with Crippen LogP contribution >= 0.6 is 0 Å². The molecule has 0 saturated carbocycles. The minimum atomic E-state index is -0.657. The fraction of sp³-hybridized carbons (Fsp3) is 0.391. The number of hydrogen-bond donors (Lipinski definition) is 0. The van der Waals surface area contributed by atoms with Crippen LogP contribution in [0.4, 0.5) is 4.79 Å². The molecule has 1 saturated heterocycles. The second kappa shape index (κ2) is 11.5. The maximum Gasteiger partial charge on any atom is 0.410 e. The Hall–Kier alpha value is -2.67. The van der Waals surface area contributed by atoms with E-state index in [1.165, 1.54) is 10.5 Å². The van der Waals surface area contributed by atoms with Gasteiger partial charge in [0.15, 0.2) is 11.9 Å². The average Bonchev–Trinajstić information content (AvgIpc) is 2.71. The zero-order valence-corrected chi connectivity index (χ0v) is 18.7. The Morgan fingerprint density at radius 1 is 1.10 bits per heavy atom. The number of carbonyl (C=O) groups excluding carboxylic acids is 2. The van der Waals surface area contributed by atoms with Crippen molar-refractivity contribution in [1.29, 1.82) is 0 Å². The molecule has 0 aliphatic carbocycles. The lowest BCUT2D eigenvalue weighted by Gasteiger charge is -2.31. The summed E-state index contributed by atoms with van der Waals surface area (Å²) in [6, 6.07) is 15.2. The van der Waals surface area contributed by atoms with Crippen molar-refractivity contribution in [2.75, 3.05) is 25.6 Å². The molecule has 1 heterocycles. The Kier molecular flexibility index (Phi) is 9.05. The number of carbonyl (C=O) groups is 2. The van der Waals surface area contributed by atoms with Gasteiger partial charge in [-0.3, -0.25) is 9.00 Å². The first-order chi connectivity index (χ1) is 14.3. The van der Waals surface area contributed by atoms with E-state index in [1.807, 2.05) is 62.4 Å². The molecule has 0 radical (unpaired) electrons. The summed E-state index contributed by atoms with van der Waals surface area (Å²) >= 11 is 0. The number of ether oxygens (including phenoxy) is 2. The molecule has 0 aromatic heterocycles. The lowest BCUT2D eigenvalue weighted by atomic mass is 10.1. The van der Waals surface area contributed by atoms with Gasteiger partial charge in [0.1, 0.15) is 12.4 Å². The third-order valence-electron chi connectivity index (χ3n) is 4.59. The van der Waals surface area contributed by atoms with Crippen LogP contribution in [0.1, 0.15) is 23.1 Å². The van der Waals surface area contributed by atoms with Gasteiger partial charge in [-0.15, -0.1) is 0 Å². The fourth-order valence-corrected chi connectivity index (χ4v) is 2.83. The van der Waals surface area contributed by atoms with Crippen LogP contribution in [0.25, 0.3) is 0 Å². The molecule has 1 fully saturated rings. The van der Waals surface area contributed by atoms with Gasteiger partial charge in [0.25, 0.3) is 0 Å². The van der Waals surface area contributed by atoms with Crippen molar-refractivity contribution >= 4 is 22.7 Å². The second-order valence-electron chi connectivity index (χ2n) is 7.30. The topological polar surface area (TPSA) is 72.9 Å². The molecule has 6 nitrogen and oxygen atoms in total. The van der Waals surface area contributed by atoms with E-state index in [0.29, 0.717) is 12.3 Å². The van der Waals surface area contributed by atoms with Gasteiger partial charge in [-0.2, -0.15) is 0 Å². The molecule has 1 aliphatic heterocycles. The minimum Gasteiger partial charge on any atom is -0.481 e. The third-order valence-corrected chi connectivity index (χ3v) is 4.59. The van der Waals surface area contributed by atoms with Gasteiger partial charge in [0, 0.05) is 36.3 Å². The summed E-state index contributed by atoms with van der Waals surface area (Å²) in [4.78, 5) is 26.0. The number of benzene rings is 2. The van der Waals surface area contributed by atoms with Crippen LogP contribution in [0.5, 0.6) is 5.75 Å². The number of ketones is 1. The fourth-order valence-electron chi connectivity index (χ4n) is 2.83. The average molecular weight is 432 g/mol. The van der Waals surface area contributed by atoms with Crippen LogP contribution in [-0.2, 0) is 26.9 Å². The minimum absolute atomic E-state index is 0.00957. The Morgan fingerprint density at radius 3 is 2.40 bits per heavy atom. The molecule has 1 amide bonds. The van der Waals surface area contributed by atoms with Crippen molar-refractivity contribution < 1.29 is 23.3 Å². The van der Waals surface area contributed by atoms with E-state index in [-0.39, 0.29) is 25.4 Å². The largest absolute Gasteiger partial charge is 0.481 e. The molecule has 30 heavy (non-hydrogen) atoms. The van der Waals surface area contributed by atoms with Crippen LogP contribution in [0.3, 0.4) is 0 Å². The van der Waals surface area contributed by atoms with E-state index in [2.05, 4.69) is 0 Å². The first-order valence-corrected chi connectivity index (χ1v) is 11.7. The third kappa shape index (κ3) is 7.63. The summed E-state index contributed by atoms with van der Waals surface area (Å²) in [6.07, 6.45) is 2.47. The van der Waals surface area contributed by atoms with Crippen molar-refractivity contribution in [3.05, 3.63) is 65.2 Å². The van der Waals surface area contributed by atoms with Crippen molar-refractivity contribution in [2.45, 2.75) is 33.0 Å². The highest BCUT2D eigenvalue weighted by atomic mass is 32.2. The number of Topliss-reactive ketones (excluding diaryl/α,β-unsaturated/α-hetero) is 1. The van der Waals surface area contributed by atoms with Crippen LogP contribution in [0.2, 0.25) is 0 Å². The zero-order chi connectivity index (χ0) is 22.1. The molecule has 162 valence electrons. The molecule has 0 bridgehead atoms. The summed E-state index contributed by atoms with van der Waals surface area (Å²) in [5.74, 6) is 0.654. The Balaban J connectivity index is 0.000000735. The number of likely N-dealkylation sites (tertiary alicyclic amines) is 1. The zero-order valence-electron chi connectivity index (χ0n) is 17.9. The molecule has 2 aromatic rings. The first-order valence-electron chi connectivity index (χ1n) is 9.73. The molecule has 7 heteroatoms. The van der Waals surface area contributed by atoms with Crippen LogP contribution in [0.15, 0.2) is 48.5 Å². The Bertz CT molecular complexity index is 880. The van der Waals surface area contributed by atoms with Crippen LogP contribution in [0, 0.1) is 13.8 Å². The molecule has 1 atom stereocenters. The predicted octanol–water partition coefficient (Wildman–Crippen LogP) is 3.66. The quantitative estimate of drug-likeness (QED) is 0.739. The van der Waals surface area contributed by atoms with Crippen molar-refractivity contribution in [3.63, 3.8) is 0 Å². The lowest BCUT2D eigenvalue weighted by molar-refractivity contribution is -0.129. The normalized spacial score (nSPS) is 16.0. The molecule has 0 spiro atoms. The van der Waals surface area contributed by atoms with Crippen LogP contribution in [-0.4, -0.2) is 52.7 Å². The Morgan fingerprint density at radius 2 is 1.77 bits per heavy atom. The summed E-state index contributed by atoms with van der Waals surface area (Å²) in [5, 5.41) is 0. The molecular formula is C23H29NO5S. The Labute approximate surface area is 180 Å². The highest BCUT2D eigenvalue weighted by Gasteiger charge is 2.32. The maximum absolute atomic E-state index is 12.3. The highest BCUT2D eigenvalue weighted by molar-refractivity contribution is 7.83. The number of piperidine rings is 1. The molecular weight excluding hydrogens is 402 g/mol. The SMILES string of the molecule is CS(C)=O.Cc1ccc(OC2CN(C(=O)OCc3ccccc3)CCC2=O)cc1C. The van der Waals surface area contributed by atoms with Crippen molar-refractivity contribution in [3.8, 4) is 5.75 Å². The first kappa shape index (κ1) is 23.6. The summed E-state index contributed by atoms with van der Waals surface area (Å²) in [5.41, 5.74) is 3.19. The number of aryl methyl sites for hydroxylation is 2. The van der Waals surface area contributed by atoms with Gasteiger partial charge in [-0.05, 0) is 42.7 Å². The van der Waals surface area contributed by atoms with Gasteiger partial charge < -0.3 is 14.4 Å². The number of rotatable bonds is 4. The van der Waals surface area contributed by atoms with E-state index in [1.54, 1.807) is 12.5 Å². The van der Waals surface area contributed by atoms with Crippen molar-refractivity contribution in [1.82, 2.24) is 4.90 Å². The molecule has 3 rings (SSSR count). The smallest absolute Gasteiger partial charge is 0.410 e. The van der Waals surface area contributed by atoms with E-state index in [9.17, 15) is 13.8 Å². The van der Waals surface area contributed by atoms with Gasteiger partial charge in [-0.25, -0.2) is 4.79 Å². The molecule has 1 aliphatic rings. The van der Waals surface area contributed by atoms with E-state index in [4.69, 9.17) is 9.47 Å². The maximum atomic E-state index is 12.3. The lowest BCUT2D eigenvalue weighted by Crippen LogP contribution is -2.49. The van der Waals surface area contributed by atoms with Gasteiger partial charge in [-0.1, -0.05) is 36.4 Å². The molecule has 1 unspecified atom stereocenters. The number of hydrogen-bond acceptors (Lipinski definition) is 5. The van der Waals surface area contributed by atoms with Gasteiger partial charge in [0.05, 0.1) is 6.54 Å². The second-order valence-corrected chi connectivity index (χ2v) is 8.78. The standard InChI is InChI=1S/C21H23NO4.C2H6OS/c1-15-8-9-18(12-16(15)2)26-20-13-22(11-10-19(20)23)21(24)25-14-17-6-4-3-5-7-17;1-4(2)3/h3-9,12,20H,10-11,13-14H2,1-2H3;1-2H3. The molecule has 2 aromatic carbocycles. The monoisotopic (exact) mass is 431 g/mol. The van der Waals surface area contributed by atoms with Gasteiger partial charge >= 0.3 is 6.09 Å². The molecule has 0 N–H and O–H groups in total. The van der Waals surface area contributed by atoms with Crippen LogP contribution < -0.4 is 4.74 Å². The summed E-state index contributed by atoms with van der Waals surface area (Å²) < 4.78 is 20.8. The van der Waals surface area contributed by atoms with E-state index in [0.717, 1.165) is 11.1 Å². The summed E-state index contributed by atoms with van der Waals surface area (Å²) in [6.45, 7) is 4.80. The summed E-state index contributed by atoms with van der Waals surface area (Å²) in [7, 11) is -0.611. The number of amides is 1. The van der Waals surface area contributed by atoms with Gasteiger partial charge in [0.2, 0.25) is 0 Å². The number of nitrogens with zero attached hydrogens (tertiary/aromatic N) is 1. The van der Waals surface area contributed by atoms with E-state index < -0.39 is 23.0 Å². The van der Waals surface area contributed by atoms with Crippen molar-refractivity contribution in [2.24, 2.45) is 0 Å². The predicted molar refractivity (Wildman–Crippen MR) is 118 cm³/mol. The van der Waals surface area contributed by atoms with E-state index >= 15 is 0 Å². The highest BCUT2D eigenvalue weighted by Crippen LogP contribution is 2.20.